The molecule has 1 aliphatic heterocycles. The Labute approximate surface area is 145 Å². The van der Waals surface area contributed by atoms with Gasteiger partial charge in [0.1, 0.15) is 6.04 Å². The zero-order chi connectivity index (χ0) is 17.8. The molecule has 0 radical (unpaired) electrons. The fourth-order valence-electron chi connectivity index (χ4n) is 2.87. The number of hydrogen-bond donors (Lipinski definition) is 1. The fraction of sp³-hybridized carbons (Fsp3) is 0.333. The molecule has 0 bridgehead atoms. The SMILES string of the molecule is CC(C(=O)NCCCCn1ccnc1)N1C(=O)c2ccccc2C1=O. The summed E-state index contributed by atoms with van der Waals surface area (Å²) in [6.45, 7) is 2.91. The van der Waals surface area contributed by atoms with Crippen molar-refractivity contribution < 1.29 is 14.4 Å². The summed E-state index contributed by atoms with van der Waals surface area (Å²) in [4.78, 5) is 42.1. The fourth-order valence-corrected chi connectivity index (χ4v) is 2.87. The van der Waals surface area contributed by atoms with Crippen LogP contribution in [0.1, 0.15) is 40.5 Å². The first kappa shape index (κ1) is 16.9. The minimum Gasteiger partial charge on any atom is -0.354 e. The number of hydrogen-bond acceptors (Lipinski definition) is 4. The van der Waals surface area contributed by atoms with Gasteiger partial charge >= 0.3 is 0 Å². The predicted octanol–water partition coefficient (Wildman–Crippen LogP) is 1.46. The number of benzene rings is 1. The number of imide groups is 1. The summed E-state index contributed by atoms with van der Waals surface area (Å²) in [5.41, 5.74) is 0.708. The van der Waals surface area contributed by atoms with Crippen LogP contribution in [0, 0.1) is 0 Å². The largest absolute Gasteiger partial charge is 0.354 e. The molecule has 1 atom stereocenters. The van der Waals surface area contributed by atoms with Gasteiger partial charge in [-0.25, -0.2) is 4.98 Å². The number of rotatable bonds is 7. The molecule has 1 aliphatic rings. The monoisotopic (exact) mass is 340 g/mol. The van der Waals surface area contributed by atoms with Gasteiger partial charge in [0.2, 0.25) is 5.91 Å². The van der Waals surface area contributed by atoms with Gasteiger partial charge in [-0.3, -0.25) is 19.3 Å². The lowest BCUT2D eigenvalue weighted by atomic mass is 10.1. The van der Waals surface area contributed by atoms with E-state index in [4.69, 9.17) is 0 Å². The molecular formula is C18H20N4O3. The minimum atomic E-state index is -0.832. The Bertz CT molecular complexity index is 750. The van der Waals surface area contributed by atoms with Crippen molar-refractivity contribution in [3.8, 4) is 0 Å². The Morgan fingerprint density at radius 2 is 1.84 bits per heavy atom. The molecule has 0 saturated carbocycles. The van der Waals surface area contributed by atoms with Gasteiger partial charge < -0.3 is 9.88 Å². The highest BCUT2D eigenvalue weighted by Gasteiger charge is 2.40. The standard InChI is InChI=1S/C18H20N4O3/c1-13(16(23)20-8-4-5-10-21-11-9-19-12-21)22-17(24)14-6-2-3-7-15(14)18(22)25/h2-3,6-7,9,11-13H,4-5,8,10H2,1H3,(H,20,23). The topological polar surface area (TPSA) is 84.3 Å². The van der Waals surface area contributed by atoms with E-state index in [0.29, 0.717) is 17.7 Å². The van der Waals surface area contributed by atoms with Crippen LogP contribution in [0.2, 0.25) is 0 Å². The molecule has 1 aromatic heterocycles. The molecule has 7 heteroatoms. The van der Waals surface area contributed by atoms with E-state index in [2.05, 4.69) is 10.3 Å². The molecule has 1 aromatic carbocycles. The van der Waals surface area contributed by atoms with Crippen molar-refractivity contribution in [3.63, 3.8) is 0 Å². The first-order valence-corrected chi connectivity index (χ1v) is 8.30. The van der Waals surface area contributed by atoms with Crippen LogP contribution < -0.4 is 5.32 Å². The van der Waals surface area contributed by atoms with Crippen LogP contribution in [0.5, 0.6) is 0 Å². The molecule has 3 rings (SSSR count). The van der Waals surface area contributed by atoms with E-state index in [1.807, 2.05) is 10.8 Å². The van der Waals surface area contributed by atoms with Gasteiger partial charge in [-0.2, -0.15) is 0 Å². The van der Waals surface area contributed by atoms with Crippen LogP contribution in [0.4, 0.5) is 0 Å². The number of aromatic nitrogens is 2. The van der Waals surface area contributed by atoms with Crippen LogP contribution in [-0.4, -0.2) is 44.8 Å². The molecule has 1 N–H and O–H groups in total. The van der Waals surface area contributed by atoms with Crippen LogP contribution in [-0.2, 0) is 11.3 Å². The number of nitrogens with zero attached hydrogens (tertiary/aromatic N) is 3. The number of carbonyl (C=O) groups is 3. The zero-order valence-corrected chi connectivity index (χ0v) is 14.0. The Balaban J connectivity index is 1.49. The van der Waals surface area contributed by atoms with Gasteiger partial charge in [-0.05, 0) is 31.9 Å². The van der Waals surface area contributed by atoms with E-state index in [-0.39, 0.29) is 5.91 Å². The van der Waals surface area contributed by atoms with Crippen molar-refractivity contribution in [1.29, 1.82) is 0 Å². The van der Waals surface area contributed by atoms with Gasteiger partial charge in [-0.1, -0.05) is 12.1 Å². The lowest BCUT2D eigenvalue weighted by Crippen LogP contribution is -2.48. The second-order valence-corrected chi connectivity index (χ2v) is 6.00. The highest BCUT2D eigenvalue weighted by Crippen LogP contribution is 2.24. The highest BCUT2D eigenvalue weighted by atomic mass is 16.2. The van der Waals surface area contributed by atoms with E-state index < -0.39 is 17.9 Å². The summed E-state index contributed by atoms with van der Waals surface area (Å²) >= 11 is 0. The molecular weight excluding hydrogens is 320 g/mol. The summed E-state index contributed by atoms with van der Waals surface area (Å²) in [6, 6.07) is 5.80. The van der Waals surface area contributed by atoms with E-state index in [1.165, 1.54) is 0 Å². The normalized spacial score (nSPS) is 14.5. The lowest BCUT2D eigenvalue weighted by Gasteiger charge is -2.21. The molecule has 0 fully saturated rings. The number of unbranched alkanes of at least 4 members (excludes halogenated alkanes) is 1. The third-order valence-electron chi connectivity index (χ3n) is 4.29. The van der Waals surface area contributed by atoms with Gasteiger partial charge in [0.15, 0.2) is 0 Å². The van der Waals surface area contributed by atoms with Crippen molar-refractivity contribution in [3.05, 3.63) is 54.1 Å². The van der Waals surface area contributed by atoms with Crippen molar-refractivity contribution in [1.82, 2.24) is 19.8 Å². The van der Waals surface area contributed by atoms with E-state index >= 15 is 0 Å². The summed E-state index contributed by atoms with van der Waals surface area (Å²) in [6.07, 6.45) is 7.08. The predicted molar refractivity (Wildman–Crippen MR) is 90.9 cm³/mol. The van der Waals surface area contributed by atoms with Crippen LogP contribution in [0.25, 0.3) is 0 Å². The molecule has 0 spiro atoms. The summed E-state index contributed by atoms with van der Waals surface area (Å²) in [7, 11) is 0. The molecule has 2 aromatic rings. The zero-order valence-electron chi connectivity index (χ0n) is 14.0. The molecule has 7 nitrogen and oxygen atoms in total. The quantitative estimate of drug-likeness (QED) is 0.611. The molecule has 130 valence electrons. The number of nitrogens with one attached hydrogen (secondary N) is 1. The number of carbonyl (C=O) groups excluding carboxylic acids is 3. The Kier molecular flexibility index (Phi) is 4.92. The van der Waals surface area contributed by atoms with Crippen molar-refractivity contribution in [2.24, 2.45) is 0 Å². The van der Waals surface area contributed by atoms with Crippen LogP contribution in [0.3, 0.4) is 0 Å². The smallest absolute Gasteiger partial charge is 0.262 e. The maximum atomic E-state index is 12.4. The maximum Gasteiger partial charge on any atom is 0.262 e. The van der Waals surface area contributed by atoms with Crippen molar-refractivity contribution in [2.75, 3.05) is 6.54 Å². The average Bonchev–Trinajstić information content (AvgIpc) is 3.22. The minimum absolute atomic E-state index is 0.322. The van der Waals surface area contributed by atoms with Gasteiger partial charge in [0, 0.05) is 25.5 Å². The van der Waals surface area contributed by atoms with E-state index in [0.717, 1.165) is 24.3 Å². The third-order valence-corrected chi connectivity index (χ3v) is 4.29. The summed E-state index contributed by atoms with van der Waals surface area (Å²) in [5, 5.41) is 2.80. The van der Waals surface area contributed by atoms with Crippen LogP contribution in [0.15, 0.2) is 43.0 Å². The van der Waals surface area contributed by atoms with Gasteiger partial charge in [0.25, 0.3) is 11.8 Å². The van der Waals surface area contributed by atoms with Gasteiger partial charge in [0.05, 0.1) is 17.5 Å². The Morgan fingerprint density at radius 1 is 1.16 bits per heavy atom. The average molecular weight is 340 g/mol. The number of aryl methyl sites for hydroxylation is 1. The Morgan fingerprint density at radius 3 is 2.44 bits per heavy atom. The molecule has 3 amide bonds. The summed E-state index contributed by atoms with van der Waals surface area (Å²) in [5.74, 6) is -1.15. The molecule has 25 heavy (non-hydrogen) atoms. The number of fused-ring (bicyclic) bond motifs is 1. The third kappa shape index (κ3) is 3.45. The lowest BCUT2D eigenvalue weighted by molar-refractivity contribution is -0.124. The van der Waals surface area contributed by atoms with E-state index in [9.17, 15) is 14.4 Å². The second kappa shape index (κ2) is 7.29. The molecule has 1 unspecified atom stereocenters. The highest BCUT2D eigenvalue weighted by molar-refractivity contribution is 6.22. The van der Waals surface area contributed by atoms with E-state index in [1.54, 1.807) is 43.7 Å². The van der Waals surface area contributed by atoms with Crippen molar-refractivity contribution in [2.45, 2.75) is 32.4 Å². The van der Waals surface area contributed by atoms with Crippen LogP contribution >= 0.6 is 0 Å². The first-order chi connectivity index (χ1) is 12.1. The molecule has 2 heterocycles. The Hall–Kier alpha value is -2.96. The van der Waals surface area contributed by atoms with Crippen molar-refractivity contribution >= 4 is 17.7 Å². The maximum absolute atomic E-state index is 12.4. The number of amides is 3. The number of imidazole rings is 1. The first-order valence-electron chi connectivity index (χ1n) is 8.30. The molecule has 0 aliphatic carbocycles. The van der Waals surface area contributed by atoms with Gasteiger partial charge in [-0.15, -0.1) is 0 Å². The second-order valence-electron chi connectivity index (χ2n) is 6.00. The summed E-state index contributed by atoms with van der Waals surface area (Å²) < 4.78 is 1.98. The molecule has 0 saturated heterocycles.